The van der Waals surface area contributed by atoms with Crippen LogP contribution < -0.4 is 4.74 Å². The number of carbonyl (C=O) groups is 1. The highest BCUT2D eigenvalue weighted by molar-refractivity contribution is 7.81. The number of ketones is 1. The van der Waals surface area contributed by atoms with Crippen LogP contribution in [0.4, 0.5) is 0 Å². The lowest BCUT2D eigenvalue weighted by molar-refractivity contribution is 0.101. The van der Waals surface area contributed by atoms with Crippen LogP contribution in [0.2, 0.25) is 5.02 Å². The molecule has 0 amide bonds. The molecule has 0 aromatic heterocycles. The number of hydrogen-bond donors (Lipinski definition) is 1. The first kappa shape index (κ1) is 13.4. The molecular formula is C12H15ClO2S. The summed E-state index contributed by atoms with van der Waals surface area (Å²) in [6.45, 7) is 5.64. The van der Waals surface area contributed by atoms with Gasteiger partial charge in [-0.05, 0) is 37.5 Å². The van der Waals surface area contributed by atoms with Crippen molar-refractivity contribution in [1.82, 2.24) is 0 Å². The Morgan fingerprint density at radius 1 is 1.25 bits per heavy atom. The number of thiol groups is 1. The Morgan fingerprint density at radius 3 is 2.25 bits per heavy atom. The summed E-state index contributed by atoms with van der Waals surface area (Å²) in [6, 6.07) is 0. The van der Waals surface area contributed by atoms with Crippen LogP contribution in [0.5, 0.6) is 5.75 Å². The smallest absolute Gasteiger partial charge is 0.176 e. The Morgan fingerprint density at radius 2 is 1.81 bits per heavy atom. The third kappa shape index (κ3) is 2.06. The quantitative estimate of drug-likeness (QED) is 0.665. The maximum atomic E-state index is 11.8. The number of Topliss-reactive ketones (excluding diaryl/α,β-unsaturated/α-hetero) is 1. The van der Waals surface area contributed by atoms with Crippen LogP contribution in [-0.2, 0) is 0 Å². The molecule has 0 bridgehead atoms. The molecular weight excluding hydrogens is 244 g/mol. The van der Waals surface area contributed by atoms with Gasteiger partial charge >= 0.3 is 0 Å². The highest BCUT2D eigenvalue weighted by Crippen LogP contribution is 2.36. The monoisotopic (exact) mass is 258 g/mol. The van der Waals surface area contributed by atoms with Crippen molar-refractivity contribution < 1.29 is 9.53 Å². The zero-order chi connectivity index (χ0) is 12.5. The zero-order valence-electron chi connectivity index (χ0n) is 9.85. The van der Waals surface area contributed by atoms with E-state index in [9.17, 15) is 4.79 Å². The summed E-state index contributed by atoms with van der Waals surface area (Å²) in [4.78, 5) is 11.8. The van der Waals surface area contributed by atoms with Crippen LogP contribution in [0, 0.1) is 20.8 Å². The Labute approximate surface area is 106 Å². The van der Waals surface area contributed by atoms with E-state index in [1.54, 1.807) is 7.11 Å². The van der Waals surface area contributed by atoms with Gasteiger partial charge in [-0.1, -0.05) is 11.6 Å². The Bertz CT molecular complexity index is 441. The molecule has 1 aromatic carbocycles. The summed E-state index contributed by atoms with van der Waals surface area (Å²) >= 11 is 10.2. The van der Waals surface area contributed by atoms with Crippen LogP contribution in [0.15, 0.2) is 0 Å². The topological polar surface area (TPSA) is 26.3 Å². The second kappa shape index (κ2) is 5.11. The van der Waals surface area contributed by atoms with Gasteiger partial charge in [-0.2, -0.15) is 12.6 Å². The first-order valence-corrected chi connectivity index (χ1v) is 5.94. The highest BCUT2D eigenvalue weighted by atomic mass is 35.5. The van der Waals surface area contributed by atoms with E-state index in [2.05, 4.69) is 12.6 Å². The van der Waals surface area contributed by atoms with Gasteiger partial charge in [0.05, 0.1) is 18.4 Å². The minimum absolute atomic E-state index is 0.0670. The number of halogens is 1. The summed E-state index contributed by atoms with van der Waals surface area (Å²) in [6.07, 6.45) is 0. The van der Waals surface area contributed by atoms with E-state index in [-0.39, 0.29) is 11.5 Å². The number of carbonyl (C=O) groups excluding carboxylic acids is 1. The van der Waals surface area contributed by atoms with Gasteiger partial charge in [0.15, 0.2) is 5.78 Å². The summed E-state index contributed by atoms with van der Waals surface area (Å²) in [5.41, 5.74) is 3.17. The average Bonchev–Trinajstić information content (AvgIpc) is 2.29. The molecule has 0 fully saturated rings. The SMILES string of the molecule is COc1c(C)c(C)c(Cl)c(C)c1C(=O)CS. The third-order valence-electron chi connectivity index (χ3n) is 2.79. The van der Waals surface area contributed by atoms with Gasteiger partial charge in [0, 0.05) is 5.02 Å². The molecule has 0 N–H and O–H groups in total. The van der Waals surface area contributed by atoms with E-state index in [4.69, 9.17) is 16.3 Å². The average molecular weight is 259 g/mol. The molecule has 0 aliphatic heterocycles. The molecule has 4 heteroatoms. The van der Waals surface area contributed by atoms with Crippen molar-refractivity contribution in [3.8, 4) is 5.75 Å². The molecule has 0 aliphatic rings. The van der Waals surface area contributed by atoms with Crippen LogP contribution in [0.1, 0.15) is 27.0 Å². The van der Waals surface area contributed by atoms with Gasteiger partial charge in [-0.3, -0.25) is 4.79 Å². The molecule has 0 heterocycles. The molecule has 16 heavy (non-hydrogen) atoms. The second-order valence-corrected chi connectivity index (χ2v) is 4.37. The molecule has 0 aliphatic carbocycles. The summed E-state index contributed by atoms with van der Waals surface area (Å²) in [5.74, 6) is 0.692. The van der Waals surface area contributed by atoms with Crippen molar-refractivity contribution >= 4 is 30.0 Å². The van der Waals surface area contributed by atoms with Gasteiger partial charge in [-0.25, -0.2) is 0 Å². The molecule has 88 valence electrons. The van der Waals surface area contributed by atoms with Crippen molar-refractivity contribution in [2.24, 2.45) is 0 Å². The summed E-state index contributed by atoms with van der Waals surface area (Å²) in [5, 5.41) is 0.628. The Hall–Kier alpha value is -0.670. The predicted molar refractivity (Wildman–Crippen MR) is 70.4 cm³/mol. The van der Waals surface area contributed by atoms with Gasteiger partial charge in [0.1, 0.15) is 5.75 Å². The van der Waals surface area contributed by atoms with E-state index in [0.717, 1.165) is 16.7 Å². The second-order valence-electron chi connectivity index (χ2n) is 3.68. The lowest BCUT2D eigenvalue weighted by Crippen LogP contribution is -2.09. The van der Waals surface area contributed by atoms with E-state index in [1.807, 2.05) is 20.8 Å². The summed E-state index contributed by atoms with van der Waals surface area (Å²) < 4.78 is 5.30. The predicted octanol–water partition coefficient (Wildman–Crippen LogP) is 3.39. The molecule has 0 radical (unpaired) electrons. The molecule has 0 saturated carbocycles. The Balaban J connectivity index is 3.64. The van der Waals surface area contributed by atoms with Crippen LogP contribution in [0.3, 0.4) is 0 Å². The summed E-state index contributed by atoms with van der Waals surface area (Å²) in [7, 11) is 1.56. The normalized spacial score (nSPS) is 10.4. The fraction of sp³-hybridized carbons (Fsp3) is 0.417. The van der Waals surface area contributed by atoms with Crippen LogP contribution in [-0.4, -0.2) is 18.6 Å². The van der Waals surface area contributed by atoms with Crippen LogP contribution in [0.25, 0.3) is 0 Å². The van der Waals surface area contributed by atoms with E-state index in [1.165, 1.54) is 0 Å². The fourth-order valence-corrected chi connectivity index (χ4v) is 2.15. The lowest BCUT2D eigenvalue weighted by atomic mass is 9.96. The molecule has 0 atom stereocenters. The number of hydrogen-bond acceptors (Lipinski definition) is 3. The lowest BCUT2D eigenvalue weighted by Gasteiger charge is -2.17. The number of ether oxygens (including phenoxy) is 1. The van der Waals surface area contributed by atoms with Crippen molar-refractivity contribution in [1.29, 1.82) is 0 Å². The first-order valence-electron chi connectivity index (χ1n) is 4.93. The van der Waals surface area contributed by atoms with E-state index < -0.39 is 0 Å². The minimum Gasteiger partial charge on any atom is -0.496 e. The van der Waals surface area contributed by atoms with Gasteiger partial charge in [0.25, 0.3) is 0 Å². The largest absolute Gasteiger partial charge is 0.496 e. The molecule has 0 spiro atoms. The first-order chi connectivity index (χ1) is 7.45. The standard InChI is InChI=1S/C12H15ClO2S/c1-6-7(2)12(15-4)10(9(14)5-16)8(3)11(6)13/h16H,5H2,1-4H3. The van der Waals surface area contributed by atoms with E-state index in [0.29, 0.717) is 16.3 Å². The zero-order valence-corrected chi connectivity index (χ0v) is 11.5. The van der Waals surface area contributed by atoms with E-state index >= 15 is 0 Å². The van der Waals surface area contributed by atoms with Gasteiger partial charge < -0.3 is 4.74 Å². The van der Waals surface area contributed by atoms with Gasteiger partial charge in [-0.15, -0.1) is 0 Å². The highest BCUT2D eigenvalue weighted by Gasteiger charge is 2.21. The molecule has 0 unspecified atom stereocenters. The maximum Gasteiger partial charge on any atom is 0.176 e. The number of benzene rings is 1. The molecule has 1 aromatic rings. The number of rotatable bonds is 3. The van der Waals surface area contributed by atoms with Crippen molar-refractivity contribution in [2.75, 3.05) is 12.9 Å². The third-order valence-corrected chi connectivity index (χ3v) is 3.64. The van der Waals surface area contributed by atoms with Crippen molar-refractivity contribution in [2.45, 2.75) is 20.8 Å². The van der Waals surface area contributed by atoms with Crippen LogP contribution >= 0.6 is 24.2 Å². The van der Waals surface area contributed by atoms with Gasteiger partial charge in [0.2, 0.25) is 0 Å². The maximum absolute atomic E-state index is 11.8. The van der Waals surface area contributed by atoms with Crippen molar-refractivity contribution in [3.05, 3.63) is 27.3 Å². The molecule has 2 nitrogen and oxygen atoms in total. The minimum atomic E-state index is -0.0670. The molecule has 0 saturated heterocycles. The molecule has 1 rings (SSSR count). The van der Waals surface area contributed by atoms with Crippen molar-refractivity contribution in [3.63, 3.8) is 0 Å². The fourth-order valence-electron chi connectivity index (χ4n) is 1.75. The Kier molecular flexibility index (Phi) is 4.28. The number of methoxy groups -OCH3 is 1.